The van der Waals surface area contributed by atoms with Gasteiger partial charge in [-0.1, -0.05) is 23.7 Å². The topological polar surface area (TPSA) is 56.1 Å². The zero-order valence-corrected chi connectivity index (χ0v) is 15.5. The average Bonchev–Trinajstić information content (AvgIpc) is 3.50. The first-order chi connectivity index (χ1) is 12.7. The Labute approximate surface area is 159 Å². The van der Waals surface area contributed by atoms with Crippen LogP contribution in [-0.2, 0) is 6.54 Å². The summed E-state index contributed by atoms with van der Waals surface area (Å²) in [5.74, 6) is 2.38. The monoisotopic (exact) mass is 367 g/mol. The van der Waals surface area contributed by atoms with E-state index in [1.807, 2.05) is 30.3 Å². The molecule has 1 aromatic heterocycles. The second kappa shape index (κ2) is 7.61. The van der Waals surface area contributed by atoms with Crippen molar-refractivity contribution in [1.29, 1.82) is 5.26 Å². The van der Waals surface area contributed by atoms with Crippen molar-refractivity contribution in [2.75, 3.05) is 31.1 Å². The average molecular weight is 368 g/mol. The number of benzene rings is 1. The molecule has 0 radical (unpaired) electrons. The van der Waals surface area contributed by atoms with Crippen LogP contribution < -0.4 is 4.90 Å². The molecule has 2 heterocycles. The number of rotatable bonds is 4. The Kier molecular flexibility index (Phi) is 5.05. The maximum atomic E-state index is 8.92. The maximum Gasteiger partial charge on any atom is 0.135 e. The predicted octanol–water partition coefficient (Wildman–Crippen LogP) is 3.59. The summed E-state index contributed by atoms with van der Waals surface area (Å²) in [5.41, 5.74) is 1.96. The number of nitriles is 1. The first kappa shape index (κ1) is 17.3. The SMILES string of the molecule is N#Cc1ccc(CN2CCCN(c3cc(Cl)nc(C4CC4)n3)CC2)cc1. The lowest BCUT2D eigenvalue weighted by atomic mass is 10.1. The first-order valence-corrected chi connectivity index (χ1v) is 9.60. The second-order valence-corrected chi connectivity index (χ2v) is 7.49. The Morgan fingerprint density at radius 1 is 1.08 bits per heavy atom. The van der Waals surface area contributed by atoms with E-state index < -0.39 is 0 Å². The van der Waals surface area contributed by atoms with Gasteiger partial charge in [-0.25, -0.2) is 9.97 Å². The molecule has 1 aromatic carbocycles. The summed E-state index contributed by atoms with van der Waals surface area (Å²) in [6.07, 6.45) is 3.45. The molecule has 6 heteroatoms. The van der Waals surface area contributed by atoms with Crippen molar-refractivity contribution < 1.29 is 0 Å². The van der Waals surface area contributed by atoms with Crippen molar-refractivity contribution in [2.24, 2.45) is 0 Å². The molecule has 1 saturated heterocycles. The zero-order valence-electron chi connectivity index (χ0n) is 14.7. The fourth-order valence-electron chi connectivity index (χ4n) is 3.41. The van der Waals surface area contributed by atoms with Gasteiger partial charge in [0.1, 0.15) is 16.8 Å². The molecule has 0 N–H and O–H groups in total. The summed E-state index contributed by atoms with van der Waals surface area (Å²) in [6.45, 7) is 4.89. The Balaban J connectivity index is 1.40. The van der Waals surface area contributed by atoms with E-state index in [9.17, 15) is 0 Å². The molecule has 2 aromatic rings. The van der Waals surface area contributed by atoms with E-state index >= 15 is 0 Å². The lowest BCUT2D eigenvalue weighted by molar-refractivity contribution is 0.285. The van der Waals surface area contributed by atoms with Crippen LogP contribution in [0.4, 0.5) is 5.82 Å². The molecule has 0 atom stereocenters. The van der Waals surface area contributed by atoms with Crippen molar-refractivity contribution in [3.8, 4) is 6.07 Å². The van der Waals surface area contributed by atoms with Gasteiger partial charge in [-0.15, -0.1) is 0 Å². The van der Waals surface area contributed by atoms with E-state index in [4.69, 9.17) is 21.8 Å². The van der Waals surface area contributed by atoms with Crippen molar-refractivity contribution in [2.45, 2.75) is 31.7 Å². The van der Waals surface area contributed by atoms with Gasteiger partial charge in [0.25, 0.3) is 0 Å². The standard InChI is InChI=1S/C20H22ClN5/c21-18-12-19(24-20(23-18)17-6-7-17)26-9-1-8-25(10-11-26)14-16-4-2-15(13-22)3-5-16/h2-5,12,17H,1,6-11,14H2. The van der Waals surface area contributed by atoms with Gasteiger partial charge in [0.05, 0.1) is 11.6 Å². The highest BCUT2D eigenvalue weighted by Gasteiger charge is 2.28. The number of nitrogens with zero attached hydrogens (tertiary/aromatic N) is 5. The summed E-state index contributed by atoms with van der Waals surface area (Å²) in [5, 5.41) is 9.47. The van der Waals surface area contributed by atoms with Crippen LogP contribution in [0.2, 0.25) is 5.15 Å². The second-order valence-electron chi connectivity index (χ2n) is 7.11. The summed E-state index contributed by atoms with van der Waals surface area (Å²) >= 11 is 6.23. The van der Waals surface area contributed by atoms with Crippen LogP contribution in [0.25, 0.3) is 0 Å². The Morgan fingerprint density at radius 3 is 2.62 bits per heavy atom. The summed E-state index contributed by atoms with van der Waals surface area (Å²) in [7, 11) is 0. The van der Waals surface area contributed by atoms with E-state index in [-0.39, 0.29) is 0 Å². The van der Waals surface area contributed by atoms with Crippen LogP contribution in [0.15, 0.2) is 30.3 Å². The smallest absolute Gasteiger partial charge is 0.135 e. The molecule has 0 spiro atoms. The Bertz CT molecular complexity index is 810. The van der Waals surface area contributed by atoms with E-state index in [2.05, 4.69) is 20.9 Å². The summed E-state index contributed by atoms with van der Waals surface area (Å²) in [4.78, 5) is 14.0. The Morgan fingerprint density at radius 2 is 1.88 bits per heavy atom. The summed E-state index contributed by atoms with van der Waals surface area (Å²) in [6, 6.07) is 11.9. The quantitative estimate of drug-likeness (QED) is 0.773. The minimum absolute atomic E-state index is 0.507. The third-order valence-corrected chi connectivity index (χ3v) is 5.24. The molecule has 2 aliphatic rings. The van der Waals surface area contributed by atoms with Crippen LogP contribution in [0.5, 0.6) is 0 Å². The first-order valence-electron chi connectivity index (χ1n) is 9.22. The van der Waals surface area contributed by atoms with E-state index in [0.29, 0.717) is 16.6 Å². The third-order valence-electron chi connectivity index (χ3n) is 5.04. The van der Waals surface area contributed by atoms with Crippen molar-refractivity contribution in [3.63, 3.8) is 0 Å². The van der Waals surface area contributed by atoms with Gasteiger partial charge in [-0.2, -0.15) is 5.26 Å². The number of aromatic nitrogens is 2. The van der Waals surface area contributed by atoms with Gasteiger partial charge >= 0.3 is 0 Å². The molecule has 0 bridgehead atoms. The van der Waals surface area contributed by atoms with Crippen molar-refractivity contribution >= 4 is 17.4 Å². The molecule has 1 aliphatic heterocycles. The van der Waals surface area contributed by atoms with E-state index in [1.165, 1.54) is 18.4 Å². The van der Waals surface area contributed by atoms with Gasteiger partial charge in [0.2, 0.25) is 0 Å². The number of anilines is 1. The molecular weight excluding hydrogens is 346 g/mol. The fourth-order valence-corrected chi connectivity index (χ4v) is 3.59. The molecule has 0 amide bonds. The van der Waals surface area contributed by atoms with E-state index in [1.54, 1.807) is 0 Å². The van der Waals surface area contributed by atoms with Gasteiger partial charge in [-0.3, -0.25) is 4.90 Å². The highest BCUT2D eigenvalue weighted by Crippen LogP contribution is 2.39. The maximum absolute atomic E-state index is 8.92. The number of hydrogen-bond donors (Lipinski definition) is 0. The minimum atomic E-state index is 0.507. The molecule has 1 saturated carbocycles. The van der Waals surface area contributed by atoms with Crippen LogP contribution >= 0.6 is 11.6 Å². The van der Waals surface area contributed by atoms with Crippen molar-refractivity contribution in [1.82, 2.24) is 14.9 Å². The molecule has 5 nitrogen and oxygen atoms in total. The van der Waals surface area contributed by atoms with Gasteiger partial charge in [-0.05, 0) is 37.0 Å². The van der Waals surface area contributed by atoms with Crippen LogP contribution in [0, 0.1) is 11.3 Å². The van der Waals surface area contributed by atoms with Crippen LogP contribution in [-0.4, -0.2) is 41.0 Å². The largest absolute Gasteiger partial charge is 0.355 e. The Hall–Kier alpha value is -2.16. The molecule has 26 heavy (non-hydrogen) atoms. The molecule has 0 unspecified atom stereocenters. The van der Waals surface area contributed by atoms with Gasteiger partial charge < -0.3 is 4.90 Å². The molecule has 134 valence electrons. The molecular formula is C20H22ClN5. The van der Waals surface area contributed by atoms with Crippen LogP contribution in [0.1, 0.15) is 42.1 Å². The number of hydrogen-bond acceptors (Lipinski definition) is 5. The number of halogens is 1. The van der Waals surface area contributed by atoms with E-state index in [0.717, 1.165) is 50.8 Å². The molecule has 2 fully saturated rings. The molecule has 1 aliphatic carbocycles. The van der Waals surface area contributed by atoms with Gasteiger partial charge in [0.15, 0.2) is 0 Å². The zero-order chi connectivity index (χ0) is 17.9. The van der Waals surface area contributed by atoms with Gasteiger partial charge in [0, 0.05) is 44.7 Å². The minimum Gasteiger partial charge on any atom is -0.355 e. The summed E-state index contributed by atoms with van der Waals surface area (Å²) < 4.78 is 0. The fraction of sp³-hybridized carbons (Fsp3) is 0.450. The highest BCUT2D eigenvalue weighted by molar-refractivity contribution is 6.29. The molecule has 4 rings (SSSR count). The third kappa shape index (κ3) is 4.14. The lowest BCUT2D eigenvalue weighted by Crippen LogP contribution is -2.31. The normalized spacial score (nSPS) is 18.4. The van der Waals surface area contributed by atoms with Crippen LogP contribution in [0.3, 0.4) is 0 Å². The van der Waals surface area contributed by atoms with Crippen molar-refractivity contribution in [3.05, 3.63) is 52.4 Å². The predicted molar refractivity (Wildman–Crippen MR) is 102 cm³/mol. The highest BCUT2D eigenvalue weighted by atomic mass is 35.5. The lowest BCUT2D eigenvalue weighted by Gasteiger charge is -2.23.